The molecule has 0 saturated carbocycles. The van der Waals surface area contributed by atoms with Gasteiger partial charge in [0, 0.05) is 11.8 Å². The predicted molar refractivity (Wildman–Crippen MR) is 150 cm³/mol. The average molecular weight is 616 g/mol. The fourth-order valence-electron chi connectivity index (χ4n) is 7.28. The van der Waals surface area contributed by atoms with Crippen LogP contribution in [0.15, 0.2) is 24.3 Å². The van der Waals surface area contributed by atoms with Crippen LogP contribution in [0, 0.1) is 11.8 Å². The number of rotatable bonds is 6. The maximum absolute atomic E-state index is 13.5. The molecule has 4 aliphatic heterocycles. The van der Waals surface area contributed by atoms with Gasteiger partial charge in [-0.05, 0) is 62.0 Å². The second kappa shape index (κ2) is 11.2. The Bertz CT molecular complexity index is 1410. The highest BCUT2D eigenvalue weighted by molar-refractivity contribution is 5.79. The molecular formula is C31H37NO12. The molecule has 13 heteroatoms. The van der Waals surface area contributed by atoms with Gasteiger partial charge < -0.3 is 52.8 Å². The Kier molecular flexibility index (Phi) is 7.50. The molecule has 0 radical (unpaired) electrons. The number of esters is 1. The zero-order valence-corrected chi connectivity index (χ0v) is 25.1. The summed E-state index contributed by atoms with van der Waals surface area (Å²) in [6.07, 6.45) is -4.11. The van der Waals surface area contributed by atoms with Crippen molar-refractivity contribution in [3.8, 4) is 28.7 Å². The van der Waals surface area contributed by atoms with Crippen LogP contribution < -0.4 is 18.9 Å². The average Bonchev–Trinajstić information content (AvgIpc) is 3.63. The van der Waals surface area contributed by atoms with Crippen LogP contribution in [0.2, 0.25) is 0 Å². The Labute approximate surface area is 254 Å². The highest BCUT2D eigenvalue weighted by Crippen LogP contribution is 2.57. The molecule has 3 saturated heterocycles. The van der Waals surface area contributed by atoms with Crippen molar-refractivity contribution in [2.75, 3.05) is 48.3 Å². The van der Waals surface area contributed by atoms with E-state index >= 15 is 0 Å². The molecule has 0 aromatic heterocycles. The molecule has 2 N–H and O–H groups in total. The Balaban J connectivity index is 1.33. The van der Waals surface area contributed by atoms with Crippen molar-refractivity contribution in [3.05, 3.63) is 41.0 Å². The highest BCUT2D eigenvalue weighted by Gasteiger charge is 2.56. The number of benzene rings is 2. The van der Waals surface area contributed by atoms with Crippen molar-refractivity contribution in [1.82, 2.24) is 4.90 Å². The lowest BCUT2D eigenvalue weighted by molar-refractivity contribution is -0.354. The minimum absolute atomic E-state index is 0.0618. The lowest BCUT2D eigenvalue weighted by Crippen LogP contribution is -2.66. The fraction of sp³-hybridized carbons (Fsp3) is 0.581. The van der Waals surface area contributed by atoms with Gasteiger partial charge in [0.05, 0.1) is 45.5 Å². The second-order valence-corrected chi connectivity index (χ2v) is 12.0. The standard InChI is InChI=1S/C31H37NO12/c1-13-38-11-22-29(42-13)27(34)25(32(2)3)31(43-22)44-28-16-9-19-18(40-12-41-19)8-15(16)23(24-17(28)10-39-30(24)35)14-6-20(36-4)26(33)21(7-14)37-5/h6-9,13,17,22-25,27-29,31,33-34H,10-12H2,1-5H3/t13-,17+,22-,23-,24-,25-,27-,28-,29-,31+/m1/s1. The van der Waals surface area contributed by atoms with Crippen LogP contribution in [0.4, 0.5) is 0 Å². The van der Waals surface area contributed by atoms with Gasteiger partial charge in [-0.3, -0.25) is 9.69 Å². The van der Waals surface area contributed by atoms with Crippen LogP contribution in [-0.2, 0) is 28.5 Å². The van der Waals surface area contributed by atoms with Crippen molar-refractivity contribution in [2.24, 2.45) is 11.8 Å². The zero-order chi connectivity index (χ0) is 30.9. The largest absolute Gasteiger partial charge is 0.502 e. The van der Waals surface area contributed by atoms with Gasteiger partial charge in [-0.2, -0.15) is 0 Å². The van der Waals surface area contributed by atoms with Crippen LogP contribution in [0.5, 0.6) is 28.7 Å². The number of cyclic esters (lactones) is 1. The number of phenolic OH excluding ortho intramolecular Hbond substituents is 1. The van der Waals surface area contributed by atoms with E-state index in [0.717, 1.165) is 11.1 Å². The van der Waals surface area contributed by atoms with Crippen LogP contribution in [-0.4, -0.2) is 106 Å². The summed E-state index contributed by atoms with van der Waals surface area (Å²) in [5, 5.41) is 22.1. The first-order valence-corrected chi connectivity index (χ1v) is 14.7. The van der Waals surface area contributed by atoms with Gasteiger partial charge in [-0.15, -0.1) is 0 Å². The molecule has 3 fully saturated rings. The number of phenols is 1. The normalized spacial score (nSPS) is 35.5. The molecule has 0 unspecified atom stereocenters. The first-order chi connectivity index (χ1) is 21.2. The Morgan fingerprint density at radius 2 is 1.61 bits per heavy atom. The van der Waals surface area contributed by atoms with E-state index in [1.54, 1.807) is 19.1 Å². The van der Waals surface area contributed by atoms with Crippen molar-refractivity contribution in [1.29, 1.82) is 0 Å². The summed E-state index contributed by atoms with van der Waals surface area (Å²) in [6.45, 7) is 2.20. The Morgan fingerprint density at radius 3 is 2.27 bits per heavy atom. The number of methoxy groups -OCH3 is 2. The minimum Gasteiger partial charge on any atom is -0.502 e. The van der Waals surface area contributed by atoms with E-state index in [9.17, 15) is 15.0 Å². The number of hydrogen-bond acceptors (Lipinski definition) is 13. The molecule has 1 aliphatic carbocycles. The number of hydrogen-bond donors (Lipinski definition) is 2. The van der Waals surface area contributed by atoms with Crippen LogP contribution in [0.3, 0.4) is 0 Å². The van der Waals surface area contributed by atoms with E-state index in [4.69, 9.17) is 42.6 Å². The number of ether oxygens (including phenoxy) is 9. The molecule has 2 aromatic carbocycles. The molecule has 4 heterocycles. The molecule has 7 rings (SSSR count). The van der Waals surface area contributed by atoms with E-state index in [0.29, 0.717) is 17.1 Å². The highest BCUT2D eigenvalue weighted by atomic mass is 16.7. The lowest BCUT2D eigenvalue weighted by Gasteiger charge is -2.50. The molecule has 238 valence electrons. The number of fused-ring (bicyclic) bond motifs is 4. The summed E-state index contributed by atoms with van der Waals surface area (Å²) < 4.78 is 53.0. The molecule has 0 amide bonds. The van der Waals surface area contributed by atoms with E-state index in [1.165, 1.54) is 14.2 Å². The molecule has 5 aliphatic rings. The summed E-state index contributed by atoms with van der Waals surface area (Å²) in [7, 11) is 6.59. The molecule has 10 atom stereocenters. The van der Waals surface area contributed by atoms with Gasteiger partial charge in [0.25, 0.3) is 0 Å². The number of aromatic hydroxyl groups is 1. The lowest BCUT2D eigenvalue weighted by atomic mass is 9.66. The maximum Gasteiger partial charge on any atom is 0.310 e. The van der Waals surface area contributed by atoms with Crippen molar-refractivity contribution in [2.45, 2.75) is 55.9 Å². The molecule has 13 nitrogen and oxygen atoms in total. The summed E-state index contributed by atoms with van der Waals surface area (Å²) >= 11 is 0. The van der Waals surface area contributed by atoms with E-state index in [1.807, 2.05) is 31.1 Å². The molecular weight excluding hydrogens is 578 g/mol. The number of likely N-dealkylation sites (N-methyl/N-ethyl adjacent to an activating group) is 1. The van der Waals surface area contributed by atoms with Gasteiger partial charge >= 0.3 is 5.97 Å². The van der Waals surface area contributed by atoms with Gasteiger partial charge in [0.15, 0.2) is 35.6 Å². The summed E-state index contributed by atoms with van der Waals surface area (Å²) in [5.74, 6) is -0.602. The smallest absolute Gasteiger partial charge is 0.310 e. The first kappa shape index (κ1) is 29.4. The number of aliphatic hydroxyl groups is 1. The zero-order valence-electron chi connectivity index (χ0n) is 25.1. The fourth-order valence-corrected chi connectivity index (χ4v) is 7.28. The second-order valence-electron chi connectivity index (χ2n) is 12.0. The van der Waals surface area contributed by atoms with Gasteiger partial charge in [0.1, 0.15) is 18.3 Å². The van der Waals surface area contributed by atoms with Crippen molar-refractivity contribution >= 4 is 5.97 Å². The van der Waals surface area contributed by atoms with Crippen LogP contribution in [0.1, 0.15) is 35.6 Å². The topological polar surface area (TPSA) is 144 Å². The number of carbonyl (C=O) groups excluding carboxylic acids is 1. The van der Waals surface area contributed by atoms with Gasteiger partial charge in [-0.1, -0.05) is 0 Å². The number of carbonyl (C=O) groups is 1. The third-order valence-electron chi connectivity index (χ3n) is 9.34. The van der Waals surface area contributed by atoms with Crippen LogP contribution >= 0.6 is 0 Å². The Morgan fingerprint density at radius 1 is 0.932 bits per heavy atom. The minimum atomic E-state index is -0.929. The van der Waals surface area contributed by atoms with Crippen molar-refractivity contribution < 1.29 is 57.6 Å². The quantitative estimate of drug-likeness (QED) is 0.457. The van der Waals surface area contributed by atoms with E-state index < -0.39 is 60.8 Å². The summed E-state index contributed by atoms with van der Waals surface area (Å²) in [4.78, 5) is 15.4. The SMILES string of the molecule is COc1cc([C@@H]2c3cc4c(cc3[C@@H](O[C@@H]3O[C@@H]5CO[C@@H](C)O[C@H]5[C@H](O)[C@H]3N(C)C)[C@H]3COC(=O)[C@@H]23)OCO4)cc(OC)c1O. The molecule has 0 spiro atoms. The summed E-state index contributed by atoms with van der Waals surface area (Å²) in [5.41, 5.74) is 2.23. The molecule has 2 aromatic rings. The Hall–Kier alpha value is -3.33. The monoisotopic (exact) mass is 615 g/mol. The van der Waals surface area contributed by atoms with Crippen molar-refractivity contribution in [3.63, 3.8) is 0 Å². The van der Waals surface area contributed by atoms with Gasteiger partial charge in [-0.25, -0.2) is 0 Å². The van der Waals surface area contributed by atoms with Gasteiger partial charge in [0.2, 0.25) is 12.5 Å². The molecule has 44 heavy (non-hydrogen) atoms. The number of aliphatic hydroxyl groups excluding tert-OH is 1. The predicted octanol–water partition coefficient (Wildman–Crippen LogP) is 1.91. The number of nitrogens with zero attached hydrogens (tertiary/aromatic N) is 1. The summed E-state index contributed by atoms with van der Waals surface area (Å²) in [6, 6.07) is 6.57. The van der Waals surface area contributed by atoms with E-state index in [-0.39, 0.29) is 43.2 Å². The van der Waals surface area contributed by atoms with E-state index in [2.05, 4.69) is 0 Å². The molecule has 0 bridgehead atoms. The third kappa shape index (κ3) is 4.65. The van der Waals surface area contributed by atoms with Crippen LogP contribution in [0.25, 0.3) is 0 Å². The maximum atomic E-state index is 13.5. The first-order valence-electron chi connectivity index (χ1n) is 14.7. The third-order valence-corrected chi connectivity index (χ3v) is 9.34.